The van der Waals surface area contributed by atoms with E-state index >= 15 is 0 Å². The first-order valence-electron chi connectivity index (χ1n) is 12.2. The van der Waals surface area contributed by atoms with Crippen molar-refractivity contribution in [1.82, 2.24) is 13.8 Å². The van der Waals surface area contributed by atoms with Crippen molar-refractivity contribution in [3.63, 3.8) is 0 Å². The topological polar surface area (TPSA) is 71.9 Å². The summed E-state index contributed by atoms with van der Waals surface area (Å²) in [7, 11) is -2.41. The van der Waals surface area contributed by atoms with E-state index in [1.807, 2.05) is 30.5 Å². The highest BCUT2D eigenvalue weighted by Gasteiger charge is 2.28. The van der Waals surface area contributed by atoms with Gasteiger partial charge in [0, 0.05) is 48.1 Å². The predicted octanol–water partition coefficient (Wildman–Crippen LogP) is 5.42. The number of sulfonamides is 1. The van der Waals surface area contributed by atoms with Gasteiger partial charge >= 0.3 is 0 Å². The summed E-state index contributed by atoms with van der Waals surface area (Å²) in [6.07, 6.45) is 3.73. The maximum atomic E-state index is 13.5. The summed E-state index contributed by atoms with van der Waals surface area (Å²) in [4.78, 5) is 15.4. The lowest BCUT2D eigenvalue weighted by molar-refractivity contribution is -0.132. The zero-order valence-electron chi connectivity index (χ0n) is 21.1. The van der Waals surface area contributed by atoms with Crippen molar-refractivity contribution in [2.24, 2.45) is 0 Å². The van der Waals surface area contributed by atoms with Crippen molar-refractivity contribution in [2.75, 3.05) is 33.4 Å². The Morgan fingerprint density at radius 1 is 1.05 bits per heavy atom. The molecule has 2 aromatic carbocycles. The lowest BCUT2D eigenvalue weighted by Crippen LogP contribution is -2.44. The van der Waals surface area contributed by atoms with Crippen molar-refractivity contribution in [2.45, 2.75) is 37.8 Å². The van der Waals surface area contributed by atoms with Crippen molar-refractivity contribution >= 4 is 43.5 Å². The van der Waals surface area contributed by atoms with E-state index in [4.69, 9.17) is 16.3 Å². The molecule has 0 bridgehead atoms. The van der Waals surface area contributed by atoms with E-state index in [0.717, 1.165) is 28.6 Å². The summed E-state index contributed by atoms with van der Waals surface area (Å²) in [5.41, 5.74) is 2.13. The summed E-state index contributed by atoms with van der Waals surface area (Å²) >= 11 is 9.41. The third kappa shape index (κ3) is 8.41. The SMILES string of the molecule is CCCCN(Cc1cccn1Cc1ccc(Br)cc1)C(=O)CN(CCOC)S(=O)(=O)c1ccc(Cl)cc1. The van der Waals surface area contributed by atoms with Crippen molar-refractivity contribution in [3.8, 4) is 0 Å². The second-order valence-electron chi connectivity index (χ2n) is 8.71. The molecule has 0 atom stereocenters. The van der Waals surface area contributed by atoms with Gasteiger partial charge in [0.15, 0.2) is 0 Å². The van der Waals surface area contributed by atoms with Gasteiger partial charge in [0.05, 0.1) is 24.6 Å². The minimum absolute atomic E-state index is 0.0642. The standard InChI is InChI=1S/C27H33BrClN3O4S/c1-3-4-15-31(20-25-6-5-16-30(25)19-22-7-9-23(28)10-8-22)27(33)21-32(17-18-36-2)37(34,35)26-13-11-24(29)12-14-26/h5-14,16H,3-4,15,17-21H2,1-2H3. The number of carbonyl (C=O) groups excluding carboxylic acids is 1. The van der Waals surface area contributed by atoms with E-state index in [1.54, 1.807) is 4.90 Å². The minimum atomic E-state index is -3.92. The van der Waals surface area contributed by atoms with E-state index in [-0.39, 0.29) is 30.5 Å². The zero-order chi connectivity index (χ0) is 26.8. The van der Waals surface area contributed by atoms with Crippen LogP contribution in [0.5, 0.6) is 0 Å². The summed E-state index contributed by atoms with van der Waals surface area (Å²) in [5, 5.41) is 0.440. The van der Waals surface area contributed by atoms with Crippen LogP contribution in [0, 0.1) is 0 Å². The number of ether oxygens (including phenoxy) is 1. The first-order chi connectivity index (χ1) is 17.7. The van der Waals surface area contributed by atoms with Crippen molar-refractivity contribution < 1.29 is 17.9 Å². The summed E-state index contributed by atoms with van der Waals surface area (Å²) in [6.45, 7) is 3.63. The number of nitrogens with zero attached hydrogens (tertiary/aromatic N) is 3. The van der Waals surface area contributed by atoms with Gasteiger partial charge in [0.25, 0.3) is 0 Å². The molecule has 7 nitrogen and oxygen atoms in total. The molecule has 0 aliphatic heterocycles. The zero-order valence-corrected chi connectivity index (χ0v) is 24.3. The van der Waals surface area contributed by atoms with Crippen LogP contribution in [0.25, 0.3) is 0 Å². The Kier molecular flexibility index (Phi) is 11.2. The van der Waals surface area contributed by atoms with E-state index in [1.165, 1.54) is 35.7 Å². The predicted molar refractivity (Wildman–Crippen MR) is 150 cm³/mol. The molecule has 3 aromatic rings. The first-order valence-corrected chi connectivity index (χ1v) is 14.8. The maximum absolute atomic E-state index is 13.5. The highest BCUT2D eigenvalue weighted by atomic mass is 79.9. The molecule has 200 valence electrons. The minimum Gasteiger partial charge on any atom is -0.383 e. The van der Waals surface area contributed by atoms with E-state index < -0.39 is 10.0 Å². The fourth-order valence-electron chi connectivity index (χ4n) is 3.85. The van der Waals surface area contributed by atoms with E-state index in [2.05, 4.69) is 39.6 Å². The first kappa shape index (κ1) is 29.4. The summed E-state index contributed by atoms with van der Waals surface area (Å²) in [5.74, 6) is -0.251. The van der Waals surface area contributed by atoms with Gasteiger partial charge in [-0.15, -0.1) is 0 Å². The Bertz CT molecular complexity index is 1250. The van der Waals surface area contributed by atoms with Gasteiger partial charge in [-0.3, -0.25) is 4.79 Å². The van der Waals surface area contributed by atoms with Crippen LogP contribution in [0.15, 0.2) is 76.2 Å². The fourth-order valence-corrected chi connectivity index (χ4v) is 5.62. The largest absolute Gasteiger partial charge is 0.383 e. The highest BCUT2D eigenvalue weighted by Crippen LogP contribution is 2.20. The molecule has 0 fully saturated rings. The molecule has 0 aliphatic carbocycles. The number of hydrogen-bond donors (Lipinski definition) is 0. The van der Waals surface area contributed by atoms with Crippen LogP contribution in [0.3, 0.4) is 0 Å². The molecule has 0 spiro atoms. The van der Waals surface area contributed by atoms with Crippen LogP contribution in [-0.2, 0) is 32.6 Å². The number of methoxy groups -OCH3 is 1. The molecule has 0 radical (unpaired) electrons. The van der Waals surface area contributed by atoms with Gasteiger partial charge in [-0.05, 0) is 60.5 Å². The summed E-state index contributed by atoms with van der Waals surface area (Å²) in [6, 6.07) is 18.0. The molecule has 37 heavy (non-hydrogen) atoms. The van der Waals surface area contributed by atoms with Crippen LogP contribution in [0.4, 0.5) is 0 Å². The molecule has 0 aliphatic rings. The molecule has 1 aromatic heterocycles. The number of carbonyl (C=O) groups is 1. The number of rotatable bonds is 14. The van der Waals surface area contributed by atoms with Crippen LogP contribution >= 0.6 is 27.5 Å². The molecule has 0 saturated carbocycles. The normalized spacial score (nSPS) is 11.7. The Labute approximate surface area is 233 Å². The molecule has 3 rings (SSSR count). The number of benzene rings is 2. The van der Waals surface area contributed by atoms with Gasteiger partial charge in [0.1, 0.15) is 0 Å². The van der Waals surface area contributed by atoms with Crippen molar-refractivity contribution in [1.29, 1.82) is 0 Å². The van der Waals surface area contributed by atoms with Crippen LogP contribution < -0.4 is 0 Å². The molecule has 0 N–H and O–H groups in total. The molecule has 1 amide bonds. The maximum Gasteiger partial charge on any atom is 0.243 e. The van der Waals surface area contributed by atoms with Crippen LogP contribution in [-0.4, -0.2) is 61.4 Å². The second-order valence-corrected chi connectivity index (χ2v) is 12.0. The van der Waals surface area contributed by atoms with Gasteiger partial charge in [-0.25, -0.2) is 8.42 Å². The number of hydrogen-bond acceptors (Lipinski definition) is 4. The second kappa shape index (κ2) is 14.1. The van der Waals surface area contributed by atoms with Gasteiger partial charge < -0.3 is 14.2 Å². The molecule has 1 heterocycles. The van der Waals surface area contributed by atoms with Gasteiger partial charge in [-0.2, -0.15) is 4.31 Å². The van der Waals surface area contributed by atoms with Crippen LogP contribution in [0.2, 0.25) is 5.02 Å². The Morgan fingerprint density at radius 2 is 1.76 bits per heavy atom. The Hall–Kier alpha value is -2.17. The van der Waals surface area contributed by atoms with E-state index in [9.17, 15) is 13.2 Å². The van der Waals surface area contributed by atoms with Crippen molar-refractivity contribution in [3.05, 3.63) is 87.6 Å². The smallest absolute Gasteiger partial charge is 0.243 e. The molecule has 0 saturated heterocycles. The van der Waals surface area contributed by atoms with E-state index in [0.29, 0.717) is 24.7 Å². The highest BCUT2D eigenvalue weighted by molar-refractivity contribution is 9.10. The quantitative estimate of drug-likeness (QED) is 0.245. The molecular formula is C27H33BrClN3O4S. The number of unbranched alkanes of at least 4 members (excludes halogenated alkanes) is 1. The lowest BCUT2D eigenvalue weighted by atomic mass is 10.2. The molecule has 0 unspecified atom stereocenters. The van der Waals surface area contributed by atoms with Gasteiger partial charge in [-0.1, -0.05) is 53.0 Å². The average molecular weight is 611 g/mol. The molecular weight excluding hydrogens is 578 g/mol. The number of aromatic nitrogens is 1. The summed E-state index contributed by atoms with van der Waals surface area (Å²) < 4.78 is 36.2. The fraction of sp³-hybridized carbons (Fsp3) is 0.370. The third-order valence-electron chi connectivity index (χ3n) is 5.98. The third-order valence-corrected chi connectivity index (χ3v) is 8.62. The number of amides is 1. The lowest BCUT2D eigenvalue weighted by Gasteiger charge is -2.27. The van der Waals surface area contributed by atoms with Crippen LogP contribution in [0.1, 0.15) is 31.0 Å². The monoisotopic (exact) mass is 609 g/mol. The Balaban J connectivity index is 1.80. The molecule has 10 heteroatoms. The van der Waals surface area contributed by atoms with Gasteiger partial charge in [0.2, 0.25) is 15.9 Å². The average Bonchev–Trinajstić information content (AvgIpc) is 3.32. The Morgan fingerprint density at radius 3 is 2.41 bits per heavy atom. The number of halogens is 2.